The van der Waals surface area contributed by atoms with Gasteiger partial charge in [-0.25, -0.2) is 9.18 Å². The van der Waals surface area contributed by atoms with Crippen molar-refractivity contribution in [2.75, 3.05) is 33.8 Å². The Labute approximate surface area is 214 Å². The molecule has 0 atom stereocenters. The van der Waals surface area contributed by atoms with Gasteiger partial charge in [0, 0.05) is 44.3 Å². The number of rotatable bonds is 6. The van der Waals surface area contributed by atoms with Crippen molar-refractivity contribution in [3.8, 4) is 0 Å². The van der Waals surface area contributed by atoms with Crippen molar-refractivity contribution >= 4 is 34.6 Å². The molecule has 0 spiro atoms. The van der Waals surface area contributed by atoms with Gasteiger partial charge in [0.2, 0.25) is 5.78 Å². The number of likely N-dealkylation sites (tertiary alicyclic amines) is 1. The van der Waals surface area contributed by atoms with Gasteiger partial charge in [0.15, 0.2) is 0 Å². The number of hydrogen-bond donors (Lipinski definition) is 0. The van der Waals surface area contributed by atoms with Crippen LogP contribution in [0.25, 0.3) is 10.9 Å². The van der Waals surface area contributed by atoms with Crippen LogP contribution in [-0.4, -0.2) is 71.8 Å². The first-order valence-electron chi connectivity index (χ1n) is 12.3. The first kappa shape index (κ1) is 26.1. The van der Waals surface area contributed by atoms with Crippen LogP contribution in [-0.2, 0) is 16.0 Å². The van der Waals surface area contributed by atoms with Crippen LogP contribution in [0.3, 0.4) is 0 Å². The van der Waals surface area contributed by atoms with E-state index in [2.05, 4.69) is 0 Å². The lowest BCUT2D eigenvalue weighted by atomic mass is 9.90. The lowest BCUT2D eigenvalue weighted by Crippen LogP contribution is -2.38. The highest BCUT2D eigenvalue weighted by molar-refractivity contribution is 6.43. The molecule has 8 nitrogen and oxygen atoms in total. The minimum atomic E-state index is -0.698. The quantitative estimate of drug-likeness (QED) is 0.369. The number of likely N-dealkylation sites (N-methyl/N-ethyl adjacent to an activating group) is 1. The SMILES string of the molecule is CCOC(=O)n1cc(C(=O)N2CCC(Cc3ccc(F)cc3)CC2)c2cc(C(=O)C(=O)N(C)C)ccc21. The zero-order valence-corrected chi connectivity index (χ0v) is 21.2. The summed E-state index contributed by atoms with van der Waals surface area (Å²) in [5.41, 5.74) is 1.89. The highest BCUT2D eigenvalue weighted by Crippen LogP contribution is 2.28. The van der Waals surface area contributed by atoms with Crippen LogP contribution in [0.1, 0.15) is 46.0 Å². The Hall–Kier alpha value is -4.01. The second-order valence-electron chi connectivity index (χ2n) is 9.44. The molecule has 0 saturated carbocycles. The number of fused-ring (bicyclic) bond motifs is 1. The molecule has 4 rings (SSSR count). The van der Waals surface area contributed by atoms with Gasteiger partial charge < -0.3 is 14.5 Å². The molecule has 2 amide bonds. The number of aromatic nitrogens is 1. The molecule has 37 heavy (non-hydrogen) atoms. The third-order valence-electron chi connectivity index (χ3n) is 6.70. The van der Waals surface area contributed by atoms with Gasteiger partial charge in [-0.1, -0.05) is 12.1 Å². The number of hydrogen-bond acceptors (Lipinski definition) is 5. The zero-order valence-electron chi connectivity index (χ0n) is 21.2. The number of halogens is 1. The Morgan fingerprint density at radius 1 is 1.03 bits per heavy atom. The zero-order chi connectivity index (χ0) is 26.7. The van der Waals surface area contributed by atoms with Crippen LogP contribution >= 0.6 is 0 Å². The molecule has 1 saturated heterocycles. The Kier molecular flexibility index (Phi) is 7.71. The van der Waals surface area contributed by atoms with Gasteiger partial charge >= 0.3 is 6.09 Å². The van der Waals surface area contributed by atoms with Crippen LogP contribution in [0.5, 0.6) is 0 Å². The van der Waals surface area contributed by atoms with E-state index >= 15 is 0 Å². The molecule has 0 radical (unpaired) electrons. The molecule has 194 valence electrons. The van der Waals surface area contributed by atoms with Gasteiger partial charge in [0.05, 0.1) is 17.7 Å². The van der Waals surface area contributed by atoms with Crippen molar-refractivity contribution in [3.05, 3.63) is 71.2 Å². The van der Waals surface area contributed by atoms with Gasteiger partial charge in [-0.2, -0.15) is 0 Å². The lowest BCUT2D eigenvalue weighted by Gasteiger charge is -2.32. The molecule has 1 fully saturated rings. The summed E-state index contributed by atoms with van der Waals surface area (Å²) < 4.78 is 19.6. The van der Waals surface area contributed by atoms with Crippen molar-refractivity contribution in [2.45, 2.75) is 26.2 Å². The van der Waals surface area contributed by atoms with E-state index in [-0.39, 0.29) is 29.5 Å². The fourth-order valence-electron chi connectivity index (χ4n) is 4.68. The molecule has 1 aliphatic rings. The summed E-state index contributed by atoms with van der Waals surface area (Å²) in [5.74, 6) is -1.52. The number of carbonyl (C=O) groups is 4. The summed E-state index contributed by atoms with van der Waals surface area (Å²) >= 11 is 0. The maximum absolute atomic E-state index is 13.6. The molecular weight excluding hydrogens is 477 g/mol. The van der Waals surface area contributed by atoms with E-state index in [4.69, 9.17) is 4.74 Å². The molecule has 9 heteroatoms. The largest absolute Gasteiger partial charge is 0.449 e. The van der Waals surface area contributed by atoms with Crippen molar-refractivity contribution < 1.29 is 28.3 Å². The van der Waals surface area contributed by atoms with E-state index < -0.39 is 17.8 Å². The Bertz CT molecular complexity index is 1340. The fourth-order valence-corrected chi connectivity index (χ4v) is 4.68. The van der Waals surface area contributed by atoms with Gasteiger partial charge in [-0.3, -0.25) is 19.0 Å². The topological polar surface area (TPSA) is 88.9 Å². The molecule has 1 aliphatic heterocycles. The number of benzene rings is 2. The maximum atomic E-state index is 13.6. The predicted molar refractivity (Wildman–Crippen MR) is 136 cm³/mol. The average molecular weight is 508 g/mol. The fraction of sp³-hybridized carbons (Fsp3) is 0.357. The van der Waals surface area contributed by atoms with Crippen LogP contribution in [0.15, 0.2) is 48.7 Å². The Morgan fingerprint density at radius 3 is 2.32 bits per heavy atom. The molecule has 2 aromatic carbocycles. The van der Waals surface area contributed by atoms with Crippen molar-refractivity contribution in [1.29, 1.82) is 0 Å². The second-order valence-corrected chi connectivity index (χ2v) is 9.44. The van der Waals surface area contributed by atoms with E-state index in [1.54, 1.807) is 30.0 Å². The number of carbonyl (C=O) groups excluding carboxylic acids is 4. The number of amides is 2. The minimum absolute atomic E-state index is 0.139. The van der Waals surface area contributed by atoms with Crippen LogP contribution in [0, 0.1) is 11.7 Å². The van der Waals surface area contributed by atoms with Crippen LogP contribution < -0.4 is 0 Å². The Morgan fingerprint density at radius 2 is 1.70 bits per heavy atom. The number of ether oxygens (including phenoxy) is 1. The average Bonchev–Trinajstić information content (AvgIpc) is 3.28. The lowest BCUT2D eigenvalue weighted by molar-refractivity contribution is -0.124. The van der Waals surface area contributed by atoms with Crippen molar-refractivity contribution in [2.24, 2.45) is 5.92 Å². The molecular formula is C28H30FN3O5. The number of piperidine rings is 1. The summed E-state index contributed by atoms with van der Waals surface area (Å²) in [6.45, 7) is 2.93. The van der Waals surface area contributed by atoms with Gasteiger partial charge in [0.25, 0.3) is 11.8 Å². The third-order valence-corrected chi connectivity index (χ3v) is 6.70. The minimum Gasteiger partial charge on any atom is -0.449 e. The summed E-state index contributed by atoms with van der Waals surface area (Å²) in [6.07, 6.45) is 3.21. The maximum Gasteiger partial charge on any atom is 0.418 e. The summed E-state index contributed by atoms with van der Waals surface area (Å²) in [7, 11) is 2.98. The van der Waals surface area contributed by atoms with Gasteiger partial charge in [-0.15, -0.1) is 0 Å². The molecule has 2 heterocycles. The molecule has 3 aromatic rings. The van der Waals surface area contributed by atoms with Gasteiger partial charge in [0.1, 0.15) is 5.82 Å². The standard InChI is InChI=1S/C28H30FN3O5/c1-4-37-28(36)32-17-23(22-16-20(7-10-24(22)32)25(33)27(35)30(2)3)26(34)31-13-11-19(12-14-31)15-18-5-8-21(29)9-6-18/h5-10,16-17,19H,4,11-15H2,1-3H3. The summed E-state index contributed by atoms with van der Waals surface area (Å²) in [6, 6.07) is 11.0. The molecule has 0 aliphatic carbocycles. The normalized spacial score (nSPS) is 14.0. The second kappa shape index (κ2) is 10.9. The number of Topliss-reactive ketones (excluding diaryl/α,β-unsaturated/α-hetero) is 1. The van der Waals surface area contributed by atoms with Gasteiger partial charge in [-0.05, 0) is 68.0 Å². The summed E-state index contributed by atoms with van der Waals surface area (Å²) in [4.78, 5) is 54.0. The number of ketones is 1. The highest BCUT2D eigenvalue weighted by atomic mass is 19.1. The first-order chi connectivity index (χ1) is 17.7. The molecule has 1 aromatic heterocycles. The predicted octanol–water partition coefficient (Wildman–Crippen LogP) is 4.15. The van der Waals surface area contributed by atoms with E-state index in [1.165, 1.54) is 54.0 Å². The molecule has 0 bridgehead atoms. The van der Waals surface area contributed by atoms with E-state index in [1.807, 2.05) is 0 Å². The first-order valence-corrected chi connectivity index (χ1v) is 12.3. The summed E-state index contributed by atoms with van der Waals surface area (Å²) in [5, 5.41) is 0.406. The molecule has 0 N–H and O–H groups in total. The van der Waals surface area contributed by atoms with Crippen molar-refractivity contribution in [3.63, 3.8) is 0 Å². The third kappa shape index (κ3) is 5.55. The van der Waals surface area contributed by atoms with Crippen LogP contribution in [0.2, 0.25) is 0 Å². The van der Waals surface area contributed by atoms with E-state index in [9.17, 15) is 23.6 Å². The van der Waals surface area contributed by atoms with Crippen molar-refractivity contribution in [1.82, 2.24) is 14.4 Å². The molecule has 0 unspecified atom stereocenters. The van der Waals surface area contributed by atoms with E-state index in [0.29, 0.717) is 29.9 Å². The van der Waals surface area contributed by atoms with Crippen LogP contribution in [0.4, 0.5) is 9.18 Å². The monoisotopic (exact) mass is 507 g/mol. The highest BCUT2D eigenvalue weighted by Gasteiger charge is 2.28. The number of nitrogens with zero attached hydrogens (tertiary/aromatic N) is 3. The smallest absolute Gasteiger partial charge is 0.418 e. The Balaban J connectivity index is 1.59. The van der Waals surface area contributed by atoms with E-state index in [0.717, 1.165) is 24.8 Å².